The molecule has 0 fully saturated rings. The summed E-state index contributed by atoms with van der Waals surface area (Å²) in [6.45, 7) is 0.354. The van der Waals surface area contributed by atoms with Gasteiger partial charge in [0.1, 0.15) is 5.75 Å². The molecule has 2 rings (SSSR count). The average Bonchev–Trinajstić information content (AvgIpc) is 2.48. The van der Waals surface area contributed by atoms with E-state index in [9.17, 15) is 9.59 Å². The topological polar surface area (TPSA) is 65.3 Å². The van der Waals surface area contributed by atoms with Gasteiger partial charge in [0.15, 0.2) is 0 Å². The normalized spacial score (nSPS) is 10.3. The predicted molar refractivity (Wildman–Crippen MR) is 77.2 cm³/mol. The molecular weight excluding hydrogens is 258 g/mol. The number of aromatic nitrogens is 2. The van der Waals surface area contributed by atoms with Gasteiger partial charge in [-0.05, 0) is 24.3 Å². The van der Waals surface area contributed by atoms with Crippen molar-refractivity contribution in [3.63, 3.8) is 0 Å². The van der Waals surface area contributed by atoms with E-state index in [-0.39, 0.29) is 11.2 Å². The lowest BCUT2D eigenvalue weighted by Crippen LogP contribution is -2.38. The van der Waals surface area contributed by atoms with Gasteiger partial charge < -0.3 is 14.6 Å². The monoisotopic (exact) mass is 275 g/mol. The lowest BCUT2D eigenvalue weighted by Gasteiger charge is -2.09. The minimum atomic E-state index is -0.330. The molecule has 106 valence electrons. The van der Waals surface area contributed by atoms with E-state index in [1.54, 1.807) is 20.4 Å². The SMILES string of the molecule is COc1ccc(NCc2cn(C)c(=O)n(C)c2=O)cc1. The third kappa shape index (κ3) is 2.74. The maximum Gasteiger partial charge on any atom is 0.330 e. The van der Waals surface area contributed by atoms with Crippen molar-refractivity contribution < 1.29 is 4.74 Å². The number of ether oxygens (including phenoxy) is 1. The summed E-state index contributed by atoms with van der Waals surface area (Å²) in [5.41, 5.74) is 0.796. The van der Waals surface area contributed by atoms with Gasteiger partial charge in [0.05, 0.1) is 12.7 Å². The second-order valence-corrected chi connectivity index (χ2v) is 4.49. The summed E-state index contributed by atoms with van der Waals surface area (Å²) >= 11 is 0. The van der Waals surface area contributed by atoms with Crippen LogP contribution in [-0.4, -0.2) is 16.2 Å². The molecule has 0 aliphatic heterocycles. The molecule has 0 unspecified atom stereocenters. The zero-order chi connectivity index (χ0) is 14.7. The fourth-order valence-electron chi connectivity index (χ4n) is 1.91. The summed E-state index contributed by atoms with van der Waals surface area (Å²) in [6, 6.07) is 7.40. The van der Waals surface area contributed by atoms with E-state index in [0.717, 1.165) is 16.0 Å². The van der Waals surface area contributed by atoms with E-state index in [2.05, 4.69) is 5.32 Å². The Bertz CT molecular complexity index is 714. The summed E-state index contributed by atoms with van der Waals surface area (Å²) in [6.07, 6.45) is 1.56. The summed E-state index contributed by atoms with van der Waals surface area (Å²) in [4.78, 5) is 23.5. The van der Waals surface area contributed by atoms with E-state index >= 15 is 0 Å². The van der Waals surface area contributed by atoms with E-state index < -0.39 is 0 Å². The molecule has 1 N–H and O–H groups in total. The first kappa shape index (κ1) is 13.9. The zero-order valence-electron chi connectivity index (χ0n) is 11.7. The highest BCUT2D eigenvalue weighted by Crippen LogP contribution is 2.15. The summed E-state index contributed by atoms with van der Waals surface area (Å²) < 4.78 is 7.57. The number of hydrogen-bond donors (Lipinski definition) is 1. The molecule has 6 nitrogen and oxygen atoms in total. The summed E-state index contributed by atoms with van der Waals surface area (Å²) in [5.74, 6) is 0.772. The van der Waals surface area contributed by atoms with Crippen LogP contribution < -0.4 is 21.3 Å². The van der Waals surface area contributed by atoms with Crippen LogP contribution in [0.15, 0.2) is 40.1 Å². The first-order valence-electron chi connectivity index (χ1n) is 6.16. The standard InChI is InChI=1S/C14H17N3O3/c1-16-9-10(13(18)17(2)14(16)19)8-15-11-4-6-12(20-3)7-5-11/h4-7,9,15H,8H2,1-3H3. The molecule has 2 aromatic rings. The van der Waals surface area contributed by atoms with Gasteiger partial charge in [-0.1, -0.05) is 0 Å². The Balaban J connectivity index is 2.18. The molecule has 1 aromatic carbocycles. The molecule has 1 heterocycles. The fraction of sp³-hybridized carbons (Fsp3) is 0.286. The van der Waals surface area contributed by atoms with E-state index in [1.165, 1.54) is 11.6 Å². The van der Waals surface area contributed by atoms with E-state index in [1.807, 2.05) is 24.3 Å². The number of benzene rings is 1. The Labute approximate surface area is 116 Å². The van der Waals surface area contributed by atoms with Gasteiger partial charge in [-0.2, -0.15) is 0 Å². The number of anilines is 1. The highest BCUT2D eigenvalue weighted by Gasteiger charge is 2.06. The minimum Gasteiger partial charge on any atom is -0.497 e. The third-order valence-corrected chi connectivity index (χ3v) is 3.09. The first-order valence-corrected chi connectivity index (χ1v) is 6.16. The van der Waals surface area contributed by atoms with Crippen LogP contribution in [0.4, 0.5) is 5.69 Å². The smallest absolute Gasteiger partial charge is 0.330 e. The third-order valence-electron chi connectivity index (χ3n) is 3.09. The number of hydrogen-bond acceptors (Lipinski definition) is 4. The molecule has 0 amide bonds. The largest absolute Gasteiger partial charge is 0.497 e. The van der Waals surface area contributed by atoms with Crippen LogP contribution in [-0.2, 0) is 20.6 Å². The van der Waals surface area contributed by atoms with Gasteiger partial charge in [-0.15, -0.1) is 0 Å². The molecular formula is C14H17N3O3. The number of methoxy groups -OCH3 is 1. The number of nitrogens with zero attached hydrogens (tertiary/aromatic N) is 2. The van der Waals surface area contributed by atoms with Gasteiger partial charge in [0, 0.05) is 32.5 Å². The van der Waals surface area contributed by atoms with Gasteiger partial charge in [-0.25, -0.2) is 4.79 Å². The van der Waals surface area contributed by atoms with Crippen molar-refractivity contribution in [2.75, 3.05) is 12.4 Å². The van der Waals surface area contributed by atoms with Crippen LogP contribution in [0.1, 0.15) is 5.56 Å². The van der Waals surface area contributed by atoms with Crippen LogP contribution in [0.5, 0.6) is 5.75 Å². The lowest BCUT2D eigenvalue weighted by atomic mass is 10.2. The van der Waals surface area contributed by atoms with Crippen molar-refractivity contribution >= 4 is 5.69 Å². The number of rotatable bonds is 4. The second-order valence-electron chi connectivity index (χ2n) is 4.49. The Morgan fingerprint density at radius 2 is 1.80 bits per heavy atom. The molecule has 0 aliphatic rings. The van der Waals surface area contributed by atoms with Gasteiger partial charge in [-0.3, -0.25) is 9.36 Å². The molecule has 0 bridgehead atoms. The number of aryl methyl sites for hydroxylation is 1. The van der Waals surface area contributed by atoms with Crippen molar-refractivity contribution in [1.82, 2.24) is 9.13 Å². The molecule has 6 heteroatoms. The molecule has 20 heavy (non-hydrogen) atoms. The maximum atomic E-state index is 12.0. The van der Waals surface area contributed by atoms with Crippen molar-refractivity contribution in [2.45, 2.75) is 6.54 Å². The van der Waals surface area contributed by atoms with Gasteiger partial charge in [0.25, 0.3) is 5.56 Å². The first-order chi connectivity index (χ1) is 9.52. The minimum absolute atomic E-state index is 0.283. The van der Waals surface area contributed by atoms with Crippen molar-refractivity contribution in [1.29, 1.82) is 0 Å². The van der Waals surface area contributed by atoms with Gasteiger partial charge >= 0.3 is 5.69 Å². The Morgan fingerprint density at radius 1 is 1.15 bits per heavy atom. The molecule has 0 spiro atoms. The fourth-order valence-corrected chi connectivity index (χ4v) is 1.91. The van der Waals surface area contributed by atoms with Crippen LogP contribution in [0.2, 0.25) is 0 Å². The Hall–Kier alpha value is -2.50. The van der Waals surface area contributed by atoms with E-state index in [0.29, 0.717) is 12.1 Å². The lowest BCUT2D eigenvalue weighted by molar-refractivity contribution is 0.415. The Kier molecular flexibility index (Phi) is 3.93. The zero-order valence-corrected chi connectivity index (χ0v) is 11.7. The quantitative estimate of drug-likeness (QED) is 0.892. The van der Waals surface area contributed by atoms with Crippen molar-refractivity contribution in [3.05, 3.63) is 56.9 Å². The molecule has 0 aliphatic carbocycles. The average molecular weight is 275 g/mol. The Morgan fingerprint density at radius 3 is 2.40 bits per heavy atom. The van der Waals surface area contributed by atoms with Crippen LogP contribution in [0.3, 0.4) is 0 Å². The van der Waals surface area contributed by atoms with Crippen LogP contribution in [0.25, 0.3) is 0 Å². The molecule has 1 aromatic heterocycles. The van der Waals surface area contributed by atoms with Crippen molar-refractivity contribution in [2.24, 2.45) is 14.1 Å². The van der Waals surface area contributed by atoms with E-state index in [4.69, 9.17) is 4.74 Å². The molecule has 0 saturated carbocycles. The molecule has 0 saturated heterocycles. The van der Waals surface area contributed by atoms with Gasteiger partial charge in [0.2, 0.25) is 0 Å². The summed E-state index contributed by atoms with van der Waals surface area (Å²) in [7, 11) is 4.71. The molecule has 0 atom stereocenters. The summed E-state index contributed by atoms with van der Waals surface area (Å²) in [5, 5.41) is 3.14. The maximum absolute atomic E-state index is 12.0. The highest BCUT2D eigenvalue weighted by atomic mass is 16.5. The second kappa shape index (κ2) is 5.64. The molecule has 0 radical (unpaired) electrons. The highest BCUT2D eigenvalue weighted by molar-refractivity contribution is 5.46. The predicted octanol–water partition coefficient (Wildman–Crippen LogP) is 0.705. The number of nitrogens with one attached hydrogen (secondary N) is 1. The van der Waals surface area contributed by atoms with Crippen molar-refractivity contribution in [3.8, 4) is 5.75 Å². The van der Waals surface area contributed by atoms with Crippen LogP contribution >= 0.6 is 0 Å². The van der Waals surface area contributed by atoms with Crippen LogP contribution in [0, 0.1) is 0 Å².